The third kappa shape index (κ3) is 3.79. The molecular weight excluding hydrogens is 338 g/mol. The highest BCUT2D eigenvalue weighted by atomic mass is 19.2. The summed E-state index contributed by atoms with van der Waals surface area (Å²) in [7, 11) is 0. The molecule has 128 valence electrons. The molecule has 0 aliphatic rings. The summed E-state index contributed by atoms with van der Waals surface area (Å²) in [4.78, 5) is 11.6. The monoisotopic (exact) mass is 348 g/mol. The summed E-state index contributed by atoms with van der Waals surface area (Å²) in [5, 5.41) is 4.37. The van der Waals surface area contributed by atoms with E-state index in [1.807, 2.05) is 5.32 Å². The molecule has 2 aromatic carbocycles. The van der Waals surface area contributed by atoms with Gasteiger partial charge in [-0.25, -0.2) is 26.3 Å². The number of carbonyl (C=O) groups excluding carboxylic acids is 1. The second kappa shape index (κ2) is 7.24. The van der Waals surface area contributed by atoms with Crippen LogP contribution in [0.3, 0.4) is 0 Å². The Bertz CT molecular complexity index is 781. The van der Waals surface area contributed by atoms with E-state index >= 15 is 0 Å². The summed E-state index contributed by atoms with van der Waals surface area (Å²) >= 11 is 0. The molecule has 0 aliphatic heterocycles. The van der Waals surface area contributed by atoms with Gasteiger partial charge in [-0.3, -0.25) is 4.79 Å². The second-order valence-electron chi connectivity index (χ2n) is 4.67. The Kier molecular flexibility index (Phi) is 5.32. The minimum atomic E-state index is -1.73. The molecule has 0 heterocycles. The summed E-state index contributed by atoms with van der Waals surface area (Å²) < 4.78 is 78.3. The molecule has 0 aromatic heterocycles. The van der Waals surface area contributed by atoms with Crippen LogP contribution < -0.4 is 10.6 Å². The molecule has 0 aliphatic carbocycles. The van der Waals surface area contributed by atoms with Crippen LogP contribution in [0.25, 0.3) is 0 Å². The van der Waals surface area contributed by atoms with E-state index in [1.54, 1.807) is 0 Å². The predicted molar refractivity (Wildman–Crippen MR) is 74.4 cm³/mol. The number of halogens is 6. The number of hydrogen-bond acceptors (Lipinski definition) is 2. The number of amides is 1. The summed E-state index contributed by atoms with van der Waals surface area (Å²) in [5.41, 5.74) is -0.918. The smallest absolute Gasteiger partial charge is 0.226 e. The van der Waals surface area contributed by atoms with Crippen molar-refractivity contribution in [2.75, 3.05) is 17.2 Å². The molecule has 0 saturated carbocycles. The molecule has 1 amide bonds. The average Bonchev–Trinajstić information content (AvgIpc) is 2.55. The molecule has 0 atom stereocenters. The number of benzene rings is 2. The molecular formula is C15H10F6N2O. The normalized spacial score (nSPS) is 10.6. The maximum absolute atomic E-state index is 13.4. The van der Waals surface area contributed by atoms with E-state index in [-0.39, 0.29) is 18.7 Å². The zero-order valence-electron chi connectivity index (χ0n) is 11.9. The molecule has 24 heavy (non-hydrogen) atoms. The van der Waals surface area contributed by atoms with Crippen LogP contribution in [0.2, 0.25) is 0 Å². The van der Waals surface area contributed by atoms with Crippen LogP contribution in [0.15, 0.2) is 24.3 Å². The van der Waals surface area contributed by atoms with Gasteiger partial charge in [0.25, 0.3) is 0 Å². The van der Waals surface area contributed by atoms with Crippen molar-refractivity contribution >= 4 is 17.3 Å². The van der Waals surface area contributed by atoms with Crippen LogP contribution in [-0.4, -0.2) is 12.5 Å². The molecule has 0 bridgehead atoms. The number of anilines is 2. The summed E-state index contributed by atoms with van der Waals surface area (Å²) in [6.07, 6.45) is -0.323. The molecule has 0 fully saturated rings. The van der Waals surface area contributed by atoms with Crippen molar-refractivity contribution in [3.05, 3.63) is 59.2 Å². The Morgan fingerprint density at radius 3 is 1.83 bits per heavy atom. The van der Waals surface area contributed by atoms with Gasteiger partial charge >= 0.3 is 0 Å². The maximum Gasteiger partial charge on any atom is 0.226 e. The van der Waals surface area contributed by atoms with Gasteiger partial charge in [-0.2, -0.15) is 0 Å². The van der Waals surface area contributed by atoms with Crippen molar-refractivity contribution in [1.82, 2.24) is 0 Å². The summed E-state index contributed by atoms with van der Waals surface area (Å²) in [6, 6.07) is 3.13. The van der Waals surface area contributed by atoms with E-state index < -0.39 is 46.5 Å². The topological polar surface area (TPSA) is 41.1 Å². The van der Waals surface area contributed by atoms with E-state index in [2.05, 4.69) is 5.32 Å². The van der Waals surface area contributed by atoms with Crippen LogP contribution in [0, 0.1) is 34.9 Å². The fourth-order valence-electron chi connectivity index (χ4n) is 1.81. The van der Waals surface area contributed by atoms with Gasteiger partial charge in [0.15, 0.2) is 34.9 Å². The minimum Gasteiger partial charge on any atom is -0.382 e. The largest absolute Gasteiger partial charge is 0.382 e. The lowest BCUT2D eigenvalue weighted by Crippen LogP contribution is -2.18. The molecule has 0 saturated heterocycles. The molecule has 9 heteroatoms. The minimum absolute atomic E-state index is 0.195. The number of hydrogen-bond donors (Lipinski definition) is 2. The first kappa shape index (κ1) is 17.6. The predicted octanol–water partition coefficient (Wildman–Crippen LogP) is 3.96. The lowest BCUT2D eigenvalue weighted by atomic mass is 10.2. The van der Waals surface area contributed by atoms with Crippen molar-refractivity contribution < 1.29 is 31.1 Å². The SMILES string of the molecule is O=C(CCNc1ccc(F)c(F)c1F)Nc1ccc(F)c(F)c1F. The van der Waals surface area contributed by atoms with Gasteiger partial charge in [0, 0.05) is 13.0 Å². The van der Waals surface area contributed by atoms with Crippen molar-refractivity contribution in [2.45, 2.75) is 6.42 Å². The van der Waals surface area contributed by atoms with Crippen molar-refractivity contribution in [3.63, 3.8) is 0 Å². The van der Waals surface area contributed by atoms with Crippen molar-refractivity contribution in [1.29, 1.82) is 0 Å². The van der Waals surface area contributed by atoms with Crippen LogP contribution >= 0.6 is 0 Å². The first-order valence-corrected chi connectivity index (χ1v) is 6.62. The van der Waals surface area contributed by atoms with E-state index in [9.17, 15) is 31.1 Å². The number of rotatable bonds is 5. The number of carbonyl (C=O) groups is 1. The van der Waals surface area contributed by atoms with E-state index in [0.717, 1.165) is 12.1 Å². The average molecular weight is 348 g/mol. The molecule has 2 N–H and O–H groups in total. The highest BCUT2D eigenvalue weighted by Crippen LogP contribution is 2.21. The van der Waals surface area contributed by atoms with Gasteiger partial charge in [-0.1, -0.05) is 0 Å². The molecule has 0 radical (unpaired) electrons. The molecule has 0 spiro atoms. The third-order valence-electron chi connectivity index (χ3n) is 3.01. The Labute approximate surface area is 132 Å². The van der Waals surface area contributed by atoms with Crippen LogP contribution in [-0.2, 0) is 4.79 Å². The van der Waals surface area contributed by atoms with Crippen molar-refractivity contribution in [2.24, 2.45) is 0 Å². The summed E-state index contributed by atoms with van der Waals surface area (Å²) in [5.74, 6) is -9.92. The Morgan fingerprint density at radius 1 is 0.750 bits per heavy atom. The van der Waals surface area contributed by atoms with E-state index in [1.165, 1.54) is 0 Å². The van der Waals surface area contributed by atoms with Gasteiger partial charge in [0.2, 0.25) is 5.91 Å². The highest BCUT2D eigenvalue weighted by molar-refractivity contribution is 5.91. The molecule has 3 nitrogen and oxygen atoms in total. The van der Waals surface area contributed by atoms with Gasteiger partial charge < -0.3 is 10.6 Å². The van der Waals surface area contributed by atoms with Crippen molar-refractivity contribution in [3.8, 4) is 0 Å². The van der Waals surface area contributed by atoms with Gasteiger partial charge in [0.05, 0.1) is 11.4 Å². The first-order chi connectivity index (χ1) is 11.3. The Balaban J connectivity index is 1.93. The molecule has 2 rings (SSSR count). The Morgan fingerprint density at radius 2 is 1.25 bits per heavy atom. The zero-order chi connectivity index (χ0) is 17.9. The third-order valence-corrected chi connectivity index (χ3v) is 3.01. The van der Waals surface area contributed by atoms with Gasteiger partial charge in [-0.15, -0.1) is 0 Å². The van der Waals surface area contributed by atoms with E-state index in [4.69, 9.17) is 0 Å². The first-order valence-electron chi connectivity index (χ1n) is 6.62. The number of nitrogens with one attached hydrogen (secondary N) is 2. The fourth-order valence-corrected chi connectivity index (χ4v) is 1.81. The zero-order valence-corrected chi connectivity index (χ0v) is 11.9. The maximum atomic E-state index is 13.4. The van der Waals surface area contributed by atoms with Crippen LogP contribution in [0.4, 0.5) is 37.7 Å². The molecule has 2 aromatic rings. The lowest BCUT2D eigenvalue weighted by Gasteiger charge is -2.10. The van der Waals surface area contributed by atoms with Crippen LogP contribution in [0.5, 0.6) is 0 Å². The highest BCUT2D eigenvalue weighted by Gasteiger charge is 2.16. The second-order valence-corrected chi connectivity index (χ2v) is 4.67. The fraction of sp³-hybridized carbons (Fsp3) is 0.133. The molecule has 0 unspecified atom stereocenters. The van der Waals surface area contributed by atoms with E-state index in [0.29, 0.717) is 12.1 Å². The summed E-state index contributed by atoms with van der Waals surface area (Å²) in [6.45, 7) is -0.195. The van der Waals surface area contributed by atoms with Gasteiger partial charge in [0.1, 0.15) is 0 Å². The standard InChI is InChI=1S/C15H10F6N2O/c16-7-1-3-9(14(20)12(7)18)22-6-5-11(24)23-10-4-2-8(17)13(19)15(10)21/h1-4,22H,5-6H2,(H,23,24). The quantitative estimate of drug-likeness (QED) is 0.634. The van der Waals surface area contributed by atoms with Crippen LogP contribution in [0.1, 0.15) is 6.42 Å². The van der Waals surface area contributed by atoms with Gasteiger partial charge in [-0.05, 0) is 24.3 Å². The lowest BCUT2D eigenvalue weighted by molar-refractivity contribution is -0.116. The Hall–Kier alpha value is -2.71.